The zero-order valence-corrected chi connectivity index (χ0v) is 12.0. The number of rotatable bonds is 5. The molecular weight excluding hydrogens is 242 g/mol. The number of aromatic nitrogens is 2. The monoisotopic (exact) mass is 265 g/mol. The predicted molar refractivity (Wildman–Crippen MR) is 75.6 cm³/mol. The second kappa shape index (κ2) is 6.68. The molecule has 0 bridgehead atoms. The van der Waals surface area contributed by atoms with Gasteiger partial charge in [-0.2, -0.15) is 0 Å². The molecule has 1 aromatic heterocycles. The van der Waals surface area contributed by atoms with Crippen molar-refractivity contribution in [2.24, 2.45) is 0 Å². The van der Waals surface area contributed by atoms with Gasteiger partial charge < -0.3 is 15.0 Å². The van der Waals surface area contributed by atoms with Gasteiger partial charge >= 0.3 is 0 Å². The van der Waals surface area contributed by atoms with E-state index in [9.17, 15) is 0 Å². The highest BCUT2D eigenvalue weighted by Gasteiger charge is 2.21. The lowest BCUT2D eigenvalue weighted by Gasteiger charge is -2.37. The third kappa shape index (κ3) is 4.04. The molecule has 1 saturated heterocycles. The maximum Gasteiger partial charge on any atom is 0.218 e. The van der Waals surface area contributed by atoms with E-state index in [1.54, 1.807) is 0 Å². The zero-order chi connectivity index (χ0) is 13.7. The Bertz CT molecular complexity index is 400. The molecule has 1 aliphatic rings. The molecule has 6 nitrogen and oxygen atoms in total. The normalized spacial score (nSPS) is 21.3. The average Bonchev–Trinajstić information content (AvgIpc) is 2.41. The summed E-state index contributed by atoms with van der Waals surface area (Å²) < 4.78 is 5.37. The molecule has 1 N–H and O–H groups in total. The first-order valence-electron chi connectivity index (χ1n) is 6.76. The highest BCUT2D eigenvalue weighted by molar-refractivity contribution is 5.37. The Kier molecular flexibility index (Phi) is 4.93. The number of piperazine rings is 1. The molecule has 19 heavy (non-hydrogen) atoms. The minimum atomic E-state index is 0.504. The second-order valence-corrected chi connectivity index (χ2v) is 4.95. The topological polar surface area (TPSA) is 53.5 Å². The molecular formula is C13H23N5O. The molecule has 1 fully saturated rings. The summed E-state index contributed by atoms with van der Waals surface area (Å²) in [6, 6.07) is 2.35. The van der Waals surface area contributed by atoms with Crippen molar-refractivity contribution in [2.75, 3.05) is 52.2 Å². The summed E-state index contributed by atoms with van der Waals surface area (Å²) in [5.74, 6) is 1.44. The van der Waals surface area contributed by atoms with E-state index in [1.165, 1.54) is 6.33 Å². The van der Waals surface area contributed by atoms with E-state index < -0.39 is 0 Å². The Morgan fingerprint density at radius 1 is 1.37 bits per heavy atom. The van der Waals surface area contributed by atoms with Crippen molar-refractivity contribution in [3.05, 3.63) is 12.4 Å². The van der Waals surface area contributed by atoms with Gasteiger partial charge in [-0.1, -0.05) is 0 Å². The fourth-order valence-electron chi connectivity index (χ4n) is 2.21. The van der Waals surface area contributed by atoms with E-state index in [0.29, 0.717) is 18.5 Å². The van der Waals surface area contributed by atoms with Crippen LogP contribution in [0.4, 0.5) is 5.82 Å². The lowest BCUT2D eigenvalue weighted by molar-refractivity contribution is 0.122. The summed E-state index contributed by atoms with van der Waals surface area (Å²) in [5, 5.41) is 3.36. The first-order chi connectivity index (χ1) is 9.19. The average molecular weight is 265 g/mol. The summed E-state index contributed by atoms with van der Waals surface area (Å²) in [7, 11) is 4.34. The Morgan fingerprint density at radius 3 is 3.00 bits per heavy atom. The second-order valence-electron chi connectivity index (χ2n) is 4.95. The van der Waals surface area contributed by atoms with Crippen molar-refractivity contribution in [2.45, 2.75) is 13.0 Å². The Labute approximate surface area is 114 Å². The first-order valence-corrected chi connectivity index (χ1v) is 6.76. The Hall–Kier alpha value is -1.40. The van der Waals surface area contributed by atoms with Crippen LogP contribution >= 0.6 is 0 Å². The van der Waals surface area contributed by atoms with Crippen LogP contribution in [0.5, 0.6) is 5.88 Å². The van der Waals surface area contributed by atoms with Crippen molar-refractivity contribution in [3.8, 4) is 5.88 Å². The summed E-state index contributed by atoms with van der Waals surface area (Å²) in [4.78, 5) is 13.0. The van der Waals surface area contributed by atoms with Gasteiger partial charge in [-0.05, 0) is 21.0 Å². The molecule has 0 amide bonds. The third-order valence-electron chi connectivity index (χ3n) is 3.43. The van der Waals surface area contributed by atoms with Gasteiger partial charge in [0.05, 0.1) is 6.61 Å². The van der Waals surface area contributed by atoms with Gasteiger partial charge in [0.25, 0.3) is 0 Å². The van der Waals surface area contributed by atoms with Gasteiger partial charge in [-0.3, -0.25) is 4.90 Å². The number of likely N-dealkylation sites (N-methyl/N-ethyl adjacent to an activating group) is 2. The molecule has 0 aromatic carbocycles. The largest absolute Gasteiger partial charge is 0.478 e. The number of nitrogens with zero attached hydrogens (tertiary/aromatic N) is 4. The molecule has 0 saturated carbocycles. The minimum absolute atomic E-state index is 0.504. The Balaban J connectivity index is 1.88. The molecule has 0 radical (unpaired) electrons. The molecule has 0 spiro atoms. The van der Waals surface area contributed by atoms with Crippen molar-refractivity contribution < 1.29 is 4.74 Å². The Morgan fingerprint density at radius 2 is 2.21 bits per heavy atom. The van der Waals surface area contributed by atoms with Gasteiger partial charge in [-0.25, -0.2) is 9.97 Å². The molecule has 1 aromatic rings. The number of nitrogens with one attached hydrogen (secondary N) is 1. The molecule has 106 valence electrons. The van der Waals surface area contributed by atoms with E-state index in [2.05, 4.69) is 39.2 Å². The van der Waals surface area contributed by atoms with Gasteiger partial charge in [0, 0.05) is 38.3 Å². The minimum Gasteiger partial charge on any atom is -0.478 e. The van der Waals surface area contributed by atoms with Crippen LogP contribution in [0.25, 0.3) is 0 Å². The van der Waals surface area contributed by atoms with E-state index in [0.717, 1.165) is 32.0 Å². The van der Waals surface area contributed by atoms with Crippen LogP contribution in [0.3, 0.4) is 0 Å². The maximum atomic E-state index is 5.37. The molecule has 1 atom stereocenters. The standard InChI is InChI=1S/C13H23N5O/c1-4-19-13-7-12(15-10-16-13)14-8-11-9-17(2)5-6-18(11)3/h7,10-11H,4-6,8-9H2,1-3H3,(H,14,15,16). The molecule has 1 aliphatic heterocycles. The van der Waals surface area contributed by atoms with Crippen molar-refractivity contribution in [1.82, 2.24) is 19.8 Å². The van der Waals surface area contributed by atoms with E-state index in [4.69, 9.17) is 4.74 Å². The van der Waals surface area contributed by atoms with E-state index >= 15 is 0 Å². The maximum absolute atomic E-state index is 5.37. The fraction of sp³-hybridized carbons (Fsp3) is 0.692. The number of ether oxygens (including phenoxy) is 1. The van der Waals surface area contributed by atoms with E-state index in [1.807, 2.05) is 13.0 Å². The van der Waals surface area contributed by atoms with Crippen LogP contribution in [-0.4, -0.2) is 72.7 Å². The molecule has 2 rings (SSSR count). The molecule has 1 unspecified atom stereocenters. The zero-order valence-electron chi connectivity index (χ0n) is 12.0. The van der Waals surface area contributed by atoms with Gasteiger partial charge in [0.15, 0.2) is 0 Å². The van der Waals surface area contributed by atoms with Crippen LogP contribution < -0.4 is 10.1 Å². The first kappa shape index (κ1) is 14.0. The van der Waals surface area contributed by atoms with Gasteiger partial charge in [0.2, 0.25) is 5.88 Å². The van der Waals surface area contributed by atoms with Crippen LogP contribution in [0.1, 0.15) is 6.92 Å². The summed E-state index contributed by atoms with van der Waals surface area (Å²) >= 11 is 0. The van der Waals surface area contributed by atoms with Gasteiger partial charge in [0.1, 0.15) is 12.1 Å². The smallest absolute Gasteiger partial charge is 0.218 e. The lowest BCUT2D eigenvalue weighted by Crippen LogP contribution is -2.52. The highest BCUT2D eigenvalue weighted by Crippen LogP contribution is 2.12. The predicted octanol–water partition coefficient (Wildman–Crippen LogP) is 0.533. The molecule has 6 heteroatoms. The number of anilines is 1. The quantitative estimate of drug-likeness (QED) is 0.838. The number of hydrogen-bond donors (Lipinski definition) is 1. The van der Waals surface area contributed by atoms with Crippen LogP contribution in [0.2, 0.25) is 0 Å². The fourth-order valence-corrected chi connectivity index (χ4v) is 2.21. The summed E-state index contributed by atoms with van der Waals surface area (Å²) in [5.41, 5.74) is 0. The summed E-state index contributed by atoms with van der Waals surface area (Å²) in [6.45, 7) is 6.76. The van der Waals surface area contributed by atoms with Crippen LogP contribution in [-0.2, 0) is 0 Å². The summed E-state index contributed by atoms with van der Waals surface area (Å²) in [6.07, 6.45) is 1.53. The van der Waals surface area contributed by atoms with Crippen molar-refractivity contribution in [1.29, 1.82) is 0 Å². The number of hydrogen-bond acceptors (Lipinski definition) is 6. The van der Waals surface area contributed by atoms with Gasteiger partial charge in [-0.15, -0.1) is 0 Å². The van der Waals surface area contributed by atoms with Crippen molar-refractivity contribution >= 4 is 5.82 Å². The highest BCUT2D eigenvalue weighted by atomic mass is 16.5. The molecule has 0 aliphatic carbocycles. The molecule has 2 heterocycles. The lowest BCUT2D eigenvalue weighted by atomic mass is 10.2. The SMILES string of the molecule is CCOc1cc(NCC2CN(C)CCN2C)ncn1. The van der Waals surface area contributed by atoms with Crippen LogP contribution in [0.15, 0.2) is 12.4 Å². The van der Waals surface area contributed by atoms with Crippen LogP contribution in [0, 0.1) is 0 Å². The van der Waals surface area contributed by atoms with Crippen molar-refractivity contribution in [3.63, 3.8) is 0 Å². The third-order valence-corrected chi connectivity index (χ3v) is 3.43. The van der Waals surface area contributed by atoms with E-state index in [-0.39, 0.29) is 0 Å².